The molecule has 1 aromatic carbocycles. The van der Waals surface area contributed by atoms with Gasteiger partial charge < -0.3 is 14.7 Å². The molecule has 0 spiro atoms. The molecule has 2 aliphatic rings. The van der Waals surface area contributed by atoms with Crippen LogP contribution in [0, 0.1) is 5.92 Å². The Bertz CT molecular complexity index is 590. The largest absolute Gasteiger partial charge is 0.481 e. The molecule has 6 nitrogen and oxygen atoms in total. The molecule has 0 bridgehead atoms. The lowest BCUT2D eigenvalue weighted by Crippen LogP contribution is -2.45. The van der Waals surface area contributed by atoms with Gasteiger partial charge in [0.05, 0.1) is 25.7 Å². The minimum absolute atomic E-state index is 0.0128. The second kappa shape index (κ2) is 7.10. The lowest BCUT2D eigenvalue weighted by Gasteiger charge is -2.30. The number of fused-ring (bicyclic) bond motifs is 1. The van der Waals surface area contributed by atoms with E-state index < -0.39 is 11.9 Å². The van der Waals surface area contributed by atoms with E-state index in [0.29, 0.717) is 19.7 Å². The summed E-state index contributed by atoms with van der Waals surface area (Å²) in [6.45, 7) is 3.24. The van der Waals surface area contributed by atoms with Gasteiger partial charge in [-0.15, -0.1) is 0 Å². The summed E-state index contributed by atoms with van der Waals surface area (Å²) in [7, 11) is 0. The molecule has 2 heterocycles. The first kappa shape index (κ1) is 16.0. The molecule has 1 aromatic rings. The molecule has 1 atom stereocenters. The van der Waals surface area contributed by atoms with Gasteiger partial charge in [-0.3, -0.25) is 14.5 Å². The fourth-order valence-electron chi connectivity index (χ4n) is 3.17. The van der Waals surface area contributed by atoms with E-state index in [1.807, 2.05) is 12.1 Å². The maximum absolute atomic E-state index is 12.5. The summed E-state index contributed by atoms with van der Waals surface area (Å²) in [5, 5.41) is 9.17. The molecular weight excluding hydrogens is 296 g/mol. The van der Waals surface area contributed by atoms with Gasteiger partial charge in [-0.25, -0.2) is 0 Å². The SMILES string of the molecule is O=C(O)C1COCCN(C(=O)CN2CCc3ccccc3C2)C1. The van der Waals surface area contributed by atoms with Crippen molar-refractivity contribution in [1.29, 1.82) is 0 Å². The van der Waals surface area contributed by atoms with Crippen LogP contribution in [0.25, 0.3) is 0 Å². The summed E-state index contributed by atoms with van der Waals surface area (Å²) in [5.74, 6) is -1.55. The highest BCUT2D eigenvalue weighted by molar-refractivity contribution is 5.79. The number of hydrogen-bond donors (Lipinski definition) is 1. The number of hydrogen-bond acceptors (Lipinski definition) is 4. The van der Waals surface area contributed by atoms with Crippen LogP contribution in [-0.4, -0.2) is 66.2 Å². The third-order valence-corrected chi connectivity index (χ3v) is 4.54. The molecule has 1 N–H and O–H groups in total. The summed E-state index contributed by atoms with van der Waals surface area (Å²) in [4.78, 5) is 27.5. The van der Waals surface area contributed by atoms with Crippen LogP contribution >= 0.6 is 0 Å². The van der Waals surface area contributed by atoms with Crippen molar-refractivity contribution in [3.63, 3.8) is 0 Å². The minimum Gasteiger partial charge on any atom is -0.481 e. The van der Waals surface area contributed by atoms with E-state index in [2.05, 4.69) is 17.0 Å². The Labute approximate surface area is 135 Å². The number of carbonyl (C=O) groups is 2. The van der Waals surface area contributed by atoms with Gasteiger partial charge in [-0.05, 0) is 17.5 Å². The number of carboxylic acids is 1. The van der Waals surface area contributed by atoms with Crippen molar-refractivity contribution in [3.8, 4) is 0 Å². The van der Waals surface area contributed by atoms with Gasteiger partial charge in [0.2, 0.25) is 5.91 Å². The van der Waals surface area contributed by atoms with E-state index >= 15 is 0 Å². The van der Waals surface area contributed by atoms with Crippen LogP contribution in [0.2, 0.25) is 0 Å². The molecule has 6 heteroatoms. The topological polar surface area (TPSA) is 70.1 Å². The van der Waals surface area contributed by atoms with E-state index in [1.54, 1.807) is 4.90 Å². The number of nitrogens with zero attached hydrogens (tertiary/aromatic N) is 2. The third kappa shape index (κ3) is 3.89. The number of carboxylic acid groups (broad SMARTS) is 1. The van der Waals surface area contributed by atoms with Crippen LogP contribution in [0.4, 0.5) is 0 Å². The molecule has 0 radical (unpaired) electrons. The van der Waals surface area contributed by atoms with Crippen LogP contribution in [0.1, 0.15) is 11.1 Å². The van der Waals surface area contributed by atoms with Gasteiger partial charge >= 0.3 is 5.97 Å². The Morgan fingerprint density at radius 2 is 2.00 bits per heavy atom. The Morgan fingerprint density at radius 3 is 2.78 bits per heavy atom. The van der Waals surface area contributed by atoms with Gasteiger partial charge in [0.1, 0.15) is 0 Å². The predicted molar refractivity (Wildman–Crippen MR) is 83.9 cm³/mol. The van der Waals surface area contributed by atoms with Crippen molar-refractivity contribution < 1.29 is 19.4 Å². The summed E-state index contributed by atoms with van der Waals surface area (Å²) in [5.41, 5.74) is 2.62. The number of carbonyl (C=O) groups excluding carboxylic acids is 1. The van der Waals surface area contributed by atoms with Crippen molar-refractivity contribution in [2.24, 2.45) is 5.92 Å². The Balaban J connectivity index is 1.59. The average Bonchev–Trinajstić information content (AvgIpc) is 2.81. The van der Waals surface area contributed by atoms with Crippen molar-refractivity contribution in [1.82, 2.24) is 9.80 Å². The Morgan fingerprint density at radius 1 is 1.22 bits per heavy atom. The highest BCUT2D eigenvalue weighted by atomic mass is 16.5. The number of benzene rings is 1. The molecule has 1 fully saturated rings. The maximum Gasteiger partial charge on any atom is 0.310 e. The summed E-state index contributed by atoms with van der Waals surface area (Å²) >= 11 is 0. The van der Waals surface area contributed by atoms with Gasteiger partial charge in [-0.1, -0.05) is 24.3 Å². The average molecular weight is 318 g/mol. The third-order valence-electron chi connectivity index (χ3n) is 4.54. The van der Waals surface area contributed by atoms with E-state index in [0.717, 1.165) is 19.5 Å². The number of amides is 1. The van der Waals surface area contributed by atoms with Crippen LogP contribution in [-0.2, 0) is 27.3 Å². The molecule has 3 rings (SSSR count). The van der Waals surface area contributed by atoms with Crippen molar-refractivity contribution in [2.75, 3.05) is 39.4 Å². The second-order valence-corrected chi connectivity index (χ2v) is 6.18. The van der Waals surface area contributed by atoms with Gasteiger partial charge in [-0.2, -0.15) is 0 Å². The first-order valence-corrected chi connectivity index (χ1v) is 8.01. The van der Waals surface area contributed by atoms with E-state index in [4.69, 9.17) is 9.84 Å². The normalized spacial score (nSPS) is 22.3. The lowest BCUT2D eigenvalue weighted by atomic mass is 10.00. The van der Waals surface area contributed by atoms with Gasteiger partial charge in [0, 0.05) is 26.2 Å². The minimum atomic E-state index is -0.906. The highest BCUT2D eigenvalue weighted by Crippen LogP contribution is 2.18. The maximum atomic E-state index is 12.5. The fraction of sp³-hybridized carbons (Fsp3) is 0.529. The zero-order chi connectivity index (χ0) is 16.2. The van der Waals surface area contributed by atoms with Crippen LogP contribution in [0.15, 0.2) is 24.3 Å². The van der Waals surface area contributed by atoms with Crippen molar-refractivity contribution >= 4 is 11.9 Å². The Kier molecular flexibility index (Phi) is 4.93. The lowest BCUT2D eigenvalue weighted by molar-refractivity contribution is -0.144. The molecule has 1 saturated heterocycles. The zero-order valence-electron chi connectivity index (χ0n) is 13.1. The first-order valence-electron chi connectivity index (χ1n) is 8.01. The number of ether oxygens (including phenoxy) is 1. The van der Waals surface area contributed by atoms with Crippen molar-refractivity contribution in [3.05, 3.63) is 35.4 Å². The number of rotatable bonds is 3. The standard InChI is InChI=1S/C17H22N2O4/c20-16(19-7-8-23-12-15(10-19)17(21)22)11-18-6-5-13-3-1-2-4-14(13)9-18/h1-4,15H,5-12H2,(H,21,22). The van der Waals surface area contributed by atoms with E-state index in [9.17, 15) is 9.59 Å². The molecule has 0 aliphatic carbocycles. The quantitative estimate of drug-likeness (QED) is 0.884. The number of aliphatic carboxylic acids is 1. The molecule has 1 amide bonds. The molecule has 0 aromatic heterocycles. The van der Waals surface area contributed by atoms with E-state index in [-0.39, 0.29) is 19.1 Å². The van der Waals surface area contributed by atoms with Crippen LogP contribution < -0.4 is 0 Å². The van der Waals surface area contributed by atoms with E-state index in [1.165, 1.54) is 11.1 Å². The summed E-state index contributed by atoms with van der Waals surface area (Å²) in [6.07, 6.45) is 0.949. The predicted octanol–water partition coefficient (Wildman–Crippen LogP) is 0.604. The fourth-order valence-corrected chi connectivity index (χ4v) is 3.17. The summed E-state index contributed by atoms with van der Waals surface area (Å²) in [6, 6.07) is 8.31. The molecule has 124 valence electrons. The second-order valence-electron chi connectivity index (χ2n) is 6.18. The van der Waals surface area contributed by atoms with Gasteiger partial charge in [0.25, 0.3) is 0 Å². The van der Waals surface area contributed by atoms with Gasteiger partial charge in [0.15, 0.2) is 0 Å². The smallest absolute Gasteiger partial charge is 0.310 e. The first-order chi connectivity index (χ1) is 11.1. The Hall–Kier alpha value is -1.92. The molecule has 1 unspecified atom stereocenters. The zero-order valence-corrected chi connectivity index (χ0v) is 13.1. The molecular formula is C17H22N2O4. The van der Waals surface area contributed by atoms with Crippen LogP contribution in [0.3, 0.4) is 0 Å². The van der Waals surface area contributed by atoms with Crippen LogP contribution in [0.5, 0.6) is 0 Å². The highest BCUT2D eigenvalue weighted by Gasteiger charge is 2.28. The monoisotopic (exact) mass is 318 g/mol. The molecule has 23 heavy (non-hydrogen) atoms. The summed E-state index contributed by atoms with van der Waals surface area (Å²) < 4.78 is 5.30. The molecule has 2 aliphatic heterocycles. The van der Waals surface area contributed by atoms with Crippen molar-refractivity contribution in [2.45, 2.75) is 13.0 Å². The molecule has 0 saturated carbocycles.